The summed E-state index contributed by atoms with van der Waals surface area (Å²) < 4.78 is 12.6. The molecular formula is C20H23ClN2O4S. The summed E-state index contributed by atoms with van der Waals surface area (Å²) in [5.41, 5.74) is 1.13. The van der Waals surface area contributed by atoms with Crippen LogP contribution in [0.15, 0.2) is 23.2 Å². The van der Waals surface area contributed by atoms with Crippen LogP contribution in [0.25, 0.3) is 0 Å². The van der Waals surface area contributed by atoms with Crippen LogP contribution in [0.2, 0.25) is 5.02 Å². The van der Waals surface area contributed by atoms with Gasteiger partial charge in [-0.2, -0.15) is 4.99 Å². The predicted octanol–water partition coefficient (Wildman–Crippen LogP) is 3.89. The summed E-state index contributed by atoms with van der Waals surface area (Å²) in [6, 6.07) is 4.83. The van der Waals surface area contributed by atoms with Crippen LogP contribution < -0.4 is 9.54 Å². The highest BCUT2D eigenvalue weighted by Crippen LogP contribution is 2.31. The number of methoxy groups -OCH3 is 2. The number of hydrogen-bond donors (Lipinski definition) is 0. The zero-order chi connectivity index (χ0) is 20.4. The number of thiazole rings is 1. The van der Waals surface area contributed by atoms with Crippen molar-refractivity contribution in [2.45, 2.75) is 39.3 Å². The molecule has 0 N–H and O–H groups in total. The topological polar surface area (TPSA) is 69.9 Å². The molecule has 1 aliphatic rings. The number of rotatable bonds is 6. The van der Waals surface area contributed by atoms with Crippen molar-refractivity contribution < 1.29 is 19.1 Å². The van der Waals surface area contributed by atoms with E-state index >= 15 is 0 Å². The van der Waals surface area contributed by atoms with Crippen molar-refractivity contribution in [3.63, 3.8) is 0 Å². The number of halogens is 1. The molecule has 0 unspecified atom stereocenters. The number of nitrogens with zero attached hydrogens (tertiary/aromatic N) is 2. The lowest BCUT2D eigenvalue weighted by molar-refractivity contribution is -0.00479. The van der Waals surface area contributed by atoms with E-state index in [1.807, 2.05) is 11.5 Å². The predicted molar refractivity (Wildman–Crippen MR) is 108 cm³/mol. The van der Waals surface area contributed by atoms with E-state index in [-0.39, 0.29) is 11.9 Å². The van der Waals surface area contributed by atoms with Gasteiger partial charge in [-0.05, 0) is 43.9 Å². The average Bonchev–Trinajstić information content (AvgIpc) is 2.93. The highest BCUT2D eigenvalue weighted by atomic mass is 35.5. The first-order valence-electron chi connectivity index (χ1n) is 9.00. The van der Waals surface area contributed by atoms with Crippen LogP contribution in [-0.4, -0.2) is 36.6 Å². The van der Waals surface area contributed by atoms with E-state index in [9.17, 15) is 9.59 Å². The van der Waals surface area contributed by atoms with Gasteiger partial charge >= 0.3 is 0 Å². The lowest BCUT2D eigenvalue weighted by atomic mass is 9.82. The second kappa shape index (κ2) is 8.59. The van der Waals surface area contributed by atoms with Crippen molar-refractivity contribution in [2.24, 2.45) is 10.9 Å². The Morgan fingerprint density at radius 2 is 2.04 bits per heavy atom. The first kappa shape index (κ1) is 20.8. The fourth-order valence-electron chi connectivity index (χ4n) is 3.38. The molecule has 3 rings (SSSR count). The molecule has 1 aliphatic carbocycles. The second-order valence-corrected chi connectivity index (χ2v) is 8.34. The molecule has 1 heterocycles. The third-order valence-corrected chi connectivity index (χ3v) is 6.55. The fourth-order valence-corrected chi connectivity index (χ4v) is 4.59. The molecule has 1 aromatic carbocycles. The number of ketones is 1. The van der Waals surface area contributed by atoms with Gasteiger partial charge in [-0.15, -0.1) is 0 Å². The van der Waals surface area contributed by atoms with Crippen molar-refractivity contribution in [1.29, 1.82) is 0 Å². The summed E-state index contributed by atoms with van der Waals surface area (Å²) in [7, 11) is 3.21. The molecule has 0 radical (unpaired) electrons. The van der Waals surface area contributed by atoms with E-state index in [0.717, 1.165) is 18.5 Å². The normalized spacial score (nSPS) is 19.4. The molecule has 0 aliphatic heterocycles. The maximum absolute atomic E-state index is 12.8. The van der Waals surface area contributed by atoms with E-state index in [1.54, 1.807) is 19.2 Å². The number of amides is 1. The van der Waals surface area contributed by atoms with Crippen LogP contribution >= 0.6 is 22.9 Å². The first-order valence-corrected chi connectivity index (χ1v) is 10.2. The quantitative estimate of drug-likeness (QED) is 0.662. The van der Waals surface area contributed by atoms with Crippen molar-refractivity contribution in [1.82, 2.24) is 4.57 Å². The van der Waals surface area contributed by atoms with Crippen LogP contribution in [0.1, 0.15) is 45.5 Å². The van der Waals surface area contributed by atoms with Crippen LogP contribution in [0, 0.1) is 12.8 Å². The van der Waals surface area contributed by atoms with Gasteiger partial charge in [0.2, 0.25) is 0 Å². The molecule has 1 amide bonds. The summed E-state index contributed by atoms with van der Waals surface area (Å²) in [5, 5.41) is 0.430. The first-order chi connectivity index (χ1) is 13.3. The molecule has 0 saturated heterocycles. The van der Waals surface area contributed by atoms with Gasteiger partial charge in [-0.1, -0.05) is 22.9 Å². The second-order valence-electron chi connectivity index (χ2n) is 6.92. The molecule has 0 atom stereocenters. The molecule has 1 saturated carbocycles. The minimum absolute atomic E-state index is 0.0335. The summed E-state index contributed by atoms with van der Waals surface area (Å²) in [6.07, 6.45) is 2.21. The van der Waals surface area contributed by atoms with Gasteiger partial charge in [0, 0.05) is 31.3 Å². The maximum atomic E-state index is 12.8. The summed E-state index contributed by atoms with van der Waals surface area (Å²) >= 11 is 7.28. The number of ether oxygens (including phenoxy) is 2. The number of hydrogen-bond acceptors (Lipinski definition) is 5. The standard InChI is InChI=1S/C20H23ClN2O4S/c1-11-18(12(2)24)28-20(23(11)10-13-7-15(8-13)26-3)22-19(25)16-9-14(21)5-6-17(16)27-4/h5-6,9,13,15H,7-8,10H2,1-4H3/b22-20-. The Morgan fingerprint density at radius 1 is 1.32 bits per heavy atom. The van der Waals surface area contributed by atoms with E-state index < -0.39 is 5.91 Å². The molecule has 28 heavy (non-hydrogen) atoms. The van der Waals surface area contributed by atoms with Gasteiger partial charge < -0.3 is 14.0 Å². The van der Waals surface area contributed by atoms with Gasteiger partial charge in [-0.25, -0.2) is 0 Å². The van der Waals surface area contributed by atoms with Crippen LogP contribution in [0.4, 0.5) is 0 Å². The van der Waals surface area contributed by atoms with Crippen molar-refractivity contribution in [2.75, 3.05) is 14.2 Å². The summed E-state index contributed by atoms with van der Waals surface area (Å²) in [6.45, 7) is 4.12. The monoisotopic (exact) mass is 422 g/mol. The van der Waals surface area contributed by atoms with Gasteiger partial charge in [0.15, 0.2) is 10.6 Å². The Labute approximate surface area is 172 Å². The van der Waals surface area contributed by atoms with Gasteiger partial charge in [0.1, 0.15) is 5.75 Å². The SMILES string of the molecule is COc1ccc(Cl)cc1C(=O)/N=c1\sc(C(C)=O)c(C)n1CC1CC(OC)C1. The number of aromatic nitrogens is 1. The molecule has 2 aromatic rings. The van der Waals surface area contributed by atoms with Gasteiger partial charge in [-0.3, -0.25) is 9.59 Å². The number of Topliss-reactive ketones (excluding diaryl/α,β-unsaturated/α-hetero) is 1. The number of carbonyl (C=O) groups is 2. The molecule has 0 spiro atoms. The molecule has 6 nitrogen and oxygen atoms in total. The lowest BCUT2D eigenvalue weighted by Crippen LogP contribution is -2.35. The Kier molecular flexibility index (Phi) is 6.37. The highest BCUT2D eigenvalue weighted by Gasteiger charge is 2.30. The lowest BCUT2D eigenvalue weighted by Gasteiger charge is -2.34. The van der Waals surface area contributed by atoms with Crippen LogP contribution in [-0.2, 0) is 11.3 Å². The van der Waals surface area contributed by atoms with Gasteiger partial charge in [0.25, 0.3) is 5.91 Å². The van der Waals surface area contributed by atoms with Crippen molar-refractivity contribution in [3.8, 4) is 5.75 Å². The molecule has 1 fully saturated rings. The van der Waals surface area contributed by atoms with Crippen LogP contribution in [0.5, 0.6) is 5.75 Å². The van der Waals surface area contributed by atoms with Crippen molar-refractivity contribution in [3.05, 3.63) is 44.2 Å². The molecular weight excluding hydrogens is 400 g/mol. The maximum Gasteiger partial charge on any atom is 0.283 e. The molecule has 1 aromatic heterocycles. The van der Waals surface area contributed by atoms with E-state index in [4.69, 9.17) is 21.1 Å². The largest absolute Gasteiger partial charge is 0.496 e. The smallest absolute Gasteiger partial charge is 0.283 e. The average molecular weight is 423 g/mol. The Balaban J connectivity index is 2.00. The fraction of sp³-hybridized carbons (Fsp3) is 0.450. The highest BCUT2D eigenvalue weighted by molar-refractivity contribution is 7.11. The minimum Gasteiger partial charge on any atom is -0.496 e. The van der Waals surface area contributed by atoms with Crippen LogP contribution in [0.3, 0.4) is 0 Å². The minimum atomic E-state index is -0.451. The Hall–Kier alpha value is -1.96. The van der Waals surface area contributed by atoms with E-state index in [2.05, 4.69) is 4.99 Å². The molecule has 8 heteroatoms. The number of carbonyl (C=O) groups excluding carboxylic acids is 2. The third-order valence-electron chi connectivity index (χ3n) is 5.03. The van der Waals surface area contributed by atoms with E-state index in [1.165, 1.54) is 31.4 Å². The Bertz CT molecular complexity index is 973. The van der Waals surface area contributed by atoms with E-state index in [0.29, 0.717) is 38.5 Å². The zero-order valence-electron chi connectivity index (χ0n) is 16.3. The Morgan fingerprint density at radius 3 is 2.64 bits per heavy atom. The number of benzene rings is 1. The third kappa shape index (κ3) is 4.21. The summed E-state index contributed by atoms with van der Waals surface area (Å²) in [4.78, 5) is 30.3. The molecule has 0 bridgehead atoms. The zero-order valence-corrected chi connectivity index (χ0v) is 17.9. The van der Waals surface area contributed by atoms with Gasteiger partial charge in [0.05, 0.1) is 23.7 Å². The summed E-state index contributed by atoms with van der Waals surface area (Å²) in [5.74, 6) is 0.362. The molecule has 150 valence electrons. The van der Waals surface area contributed by atoms with Crippen molar-refractivity contribution >= 4 is 34.6 Å².